The van der Waals surface area contributed by atoms with Gasteiger partial charge in [0.2, 0.25) is 0 Å². The second-order valence-electron chi connectivity index (χ2n) is 3.44. The predicted molar refractivity (Wildman–Crippen MR) is 59.2 cm³/mol. The standard InChI is InChI=1S/C12H13N3/c1-3-9(2)15-12-5-4-10(7-13)11(6-12)8-14/h4-6,9,15H,3H2,1-2H3/t9-/m1/s1. The first-order valence-corrected chi connectivity index (χ1v) is 4.92. The van der Waals surface area contributed by atoms with Gasteiger partial charge >= 0.3 is 0 Å². The molecule has 0 aromatic heterocycles. The van der Waals surface area contributed by atoms with Crippen LogP contribution in [0.1, 0.15) is 31.4 Å². The minimum Gasteiger partial charge on any atom is -0.383 e. The summed E-state index contributed by atoms with van der Waals surface area (Å²) in [5, 5.41) is 20.8. The van der Waals surface area contributed by atoms with Gasteiger partial charge in [0.1, 0.15) is 12.1 Å². The molecule has 0 aliphatic heterocycles. The average Bonchev–Trinajstić information content (AvgIpc) is 2.28. The summed E-state index contributed by atoms with van der Waals surface area (Å²) in [5.74, 6) is 0. The molecule has 1 N–H and O–H groups in total. The van der Waals surface area contributed by atoms with Crippen LogP contribution in [0.4, 0.5) is 5.69 Å². The lowest BCUT2D eigenvalue weighted by molar-refractivity contribution is 0.764. The Morgan fingerprint density at radius 2 is 1.93 bits per heavy atom. The van der Waals surface area contributed by atoms with E-state index >= 15 is 0 Å². The maximum Gasteiger partial charge on any atom is 0.101 e. The maximum absolute atomic E-state index is 8.84. The molecule has 0 saturated heterocycles. The van der Waals surface area contributed by atoms with Crippen molar-refractivity contribution >= 4 is 5.69 Å². The lowest BCUT2D eigenvalue weighted by Crippen LogP contribution is -2.13. The number of rotatable bonds is 3. The van der Waals surface area contributed by atoms with Crippen molar-refractivity contribution in [3.05, 3.63) is 29.3 Å². The summed E-state index contributed by atoms with van der Waals surface area (Å²) in [4.78, 5) is 0. The maximum atomic E-state index is 8.84. The molecule has 15 heavy (non-hydrogen) atoms. The SMILES string of the molecule is CC[C@@H](C)Nc1ccc(C#N)c(C#N)c1. The number of benzene rings is 1. The van der Waals surface area contributed by atoms with Crippen molar-refractivity contribution in [3.63, 3.8) is 0 Å². The highest BCUT2D eigenvalue weighted by atomic mass is 14.9. The highest BCUT2D eigenvalue weighted by Crippen LogP contribution is 2.15. The molecule has 0 aliphatic carbocycles. The van der Waals surface area contributed by atoms with Crippen LogP contribution in [0.3, 0.4) is 0 Å². The molecule has 3 nitrogen and oxygen atoms in total. The Labute approximate surface area is 90.0 Å². The second-order valence-corrected chi connectivity index (χ2v) is 3.44. The van der Waals surface area contributed by atoms with Crippen LogP contribution in [-0.4, -0.2) is 6.04 Å². The summed E-state index contributed by atoms with van der Waals surface area (Å²) in [6, 6.07) is 9.58. The van der Waals surface area contributed by atoms with E-state index in [1.165, 1.54) is 0 Å². The molecule has 0 unspecified atom stereocenters. The van der Waals surface area contributed by atoms with Gasteiger partial charge < -0.3 is 5.32 Å². The van der Waals surface area contributed by atoms with Gasteiger partial charge in [-0.15, -0.1) is 0 Å². The van der Waals surface area contributed by atoms with Crippen LogP contribution in [0.2, 0.25) is 0 Å². The van der Waals surface area contributed by atoms with E-state index in [9.17, 15) is 0 Å². The van der Waals surface area contributed by atoms with E-state index in [4.69, 9.17) is 10.5 Å². The first-order valence-electron chi connectivity index (χ1n) is 4.92. The van der Waals surface area contributed by atoms with E-state index in [0.29, 0.717) is 17.2 Å². The normalized spacial score (nSPS) is 11.2. The summed E-state index contributed by atoms with van der Waals surface area (Å²) in [6.45, 7) is 4.16. The number of anilines is 1. The molecule has 0 saturated carbocycles. The molecule has 0 amide bonds. The zero-order valence-corrected chi connectivity index (χ0v) is 8.91. The Kier molecular flexibility index (Phi) is 3.71. The minimum absolute atomic E-state index is 0.365. The highest BCUT2D eigenvalue weighted by Gasteiger charge is 2.04. The Bertz CT molecular complexity index is 423. The first kappa shape index (κ1) is 11.1. The third-order valence-electron chi connectivity index (χ3n) is 2.29. The van der Waals surface area contributed by atoms with Gasteiger partial charge in [0, 0.05) is 11.7 Å². The van der Waals surface area contributed by atoms with Gasteiger partial charge in [-0.2, -0.15) is 10.5 Å². The average molecular weight is 199 g/mol. The molecule has 0 radical (unpaired) electrons. The monoisotopic (exact) mass is 199 g/mol. The van der Waals surface area contributed by atoms with Crippen LogP contribution in [0, 0.1) is 22.7 Å². The molecule has 0 spiro atoms. The van der Waals surface area contributed by atoms with E-state index < -0.39 is 0 Å². The molecule has 0 fully saturated rings. The molecule has 1 rings (SSSR count). The number of nitrogens with zero attached hydrogens (tertiary/aromatic N) is 2. The van der Waals surface area contributed by atoms with Crippen LogP contribution < -0.4 is 5.32 Å². The molecule has 0 aliphatic rings. The topological polar surface area (TPSA) is 59.6 Å². The number of hydrogen-bond acceptors (Lipinski definition) is 3. The Balaban J connectivity index is 2.96. The van der Waals surface area contributed by atoms with Gasteiger partial charge in [0.25, 0.3) is 0 Å². The summed E-state index contributed by atoms with van der Waals surface area (Å²) < 4.78 is 0. The molecule has 1 atom stereocenters. The van der Waals surface area contributed by atoms with Crippen molar-refractivity contribution in [2.75, 3.05) is 5.32 Å². The molecular formula is C12H13N3. The van der Waals surface area contributed by atoms with Gasteiger partial charge in [-0.25, -0.2) is 0 Å². The quantitative estimate of drug-likeness (QED) is 0.814. The van der Waals surface area contributed by atoms with E-state index in [1.807, 2.05) is 18.2 Å². The van der Waals surface area contributed by atoms with Crippen molar-refractivity contribution in [2.45, 2.75) is 26.3 Å². The molecule has 1 aromatic rings. The molecule has 3 heteroatoms. The molecular weight excluding hydrogens is 186 g/mol. The fourth-order valence-corrected chi connectivity index (χ4v) is 1.21. The smallest absolute Gasteiger partial charge is 0.101 e. The summed E-state index contributed by atoms with van der Waals surface area (Å²) in [5.41, 5.74) is 1.73. The van der Waals surface area contributed by atoms with Gasteiger partial charge in [-0.05, 0) is 31.5 Å². The predicted octanol–water partition coefficient (Wildman–Crippen LogP) is 2.64. The molecule has 0 heterocycles. The minimum atomic E-state index is 0.365. The van der Waals surface area contributed by atoms with Gasteiger partial charge in [0.15, 0.2) is 0 Å². The summed E-state index contributed by atoms with van der Waals surface area (Å²) in [6.07, 6.45) is 1.02. The third kappa shape index (κ3) is 2.72. The third-order valence-corrected chi connectivity index (χ3v) is 2.29. The van der Waals surface area contributed by atoms with Crippen molar-refractivity contribution in [1.29, 1.82) is 10.5 Å². The van der Waals surface area contributed by atoms with Crippen LogP contribution in [0.5, 0.6) is 0 Å². The van der Waals surface area contributed by atoms with Crippen molar-refractivity contribution in [2.24, 2.45) is 0 Å². The van der Waals surface area contributed by atoms with Gasteiger partial charge in [-0.1, -0.05) is 6.92 Å². The Hall–Kier alpha value is -2.00. The fourth-order valence-electron chi connectivity index (χ4n) is 1.21. The van der Waals surface area contributed by atoms with Gasteiger partial charge in [0.05, 0.1) is 11.1 Å². The summed E-state index contributed by atoms with van der Waals surface area (Å²) in [7, 11) is 0. The van der Waals surface area contributed by atoms with E-state index in [0.717, 1.165) is 12.1 Å². The number of nitrogens with one attached hydrogen (secondary N) is 1. The Morgan fingerprint density at radius 3 is 2.47 bits per heavy atom. The fraction of sp³-hybridized carbons (Fsp3) is 0.333. The van der Waals surface area contributed by atoms with E-state index in [2.05, 4.69) is 19.2 Å². The second kappa shape index (κ2) is 5.02. The molecule has 76 valence electrons. The van der Waals surface area contributed by atoms with Gasteiger partial charge in [-0.3, -0.25) is 0 Å². The first-order chi connectivity index (χ1) is 7.21. The van der Waals surface area contributed by atoms with Crippen molar-refractivity contribution in [3.8, 4) is 12.1 Å². The number of hydrogen-bond donors (Lipinski definition) is 1. The lowest BCUT2D eigenvalue weighted by atomic mass is 10.1. The number of nitriles is 2. The van der Waals surface area contributed by atoms with Crippen LogP contribution in [-0.2, 0) is 0 Å². The summed E-state index contributed by atoms with van der Waals surface area (Å²) >= 11 is 0. The lowest BCUT2D eigenvalue weighted by Gasteiger charge is -2.13. The van der Waals surface area contributed by atoms with Crippen molar-refractivity contribution < 1.29 is 0 Å². The zero-order valence-electron chi connectivity index (χ0n) is 8.91. The molecule has 1 aromatic carbocycles. The van der Waals surface area contributed by atoms with Crippen LogP contribution in [0.15, 0.2) is 18.2 Å². The van der Waals surface area contributed by atoms with E-state index in [-0.39, 0.29) is 0 Å². The van der Waals surface area contributed by atoms with E-state index in [1.54, 1.807) is 12.1 Å². The van der Waals surface area contributed by atoms with Crippen molar-refractivity contribution in [1.82, 2.24) is 0 Å². The zero-order chi connectivity index (χ0) is 11.3. The van der Waals surface area contributed by atoms with Crippen LogP contribution in [0.25, 0.3) is 0 Å². The molecule has 0 bridgehead atoms. The highest BCUT2D eigenvalue weighted by molar-refractivity contribution is 5.56. The largest absolute Gasteiger partial charge is 0.383 e. The Morgan fingerprint density at radius 1 is 1.27 bits per heavy atom. The van der Waals surface area contributed by atoms with Crippen LogP contribution >= 0.6 is 0 Å².